The van der Waals surface area contributed by atoms with Crippen molar-refractivity contribution in [2.24, 2.45) is 5.92 Å². The van der Waals surface area contributed by atoms with Crippen molar-refractivity contribution in [3.05, 3.63) is 64.2 Å². The fourth-order valence-corrected chi connectivity index (χ4v) is 7.49. The molecular weight excluding hydrogens is 678 g/mol. The number of benzene rings is 2. The smallest absolute Gasteiger partial charge is 0.493 e. The van der Waals surface area contributed by atoms with Crippen LogP contribution in [0.5, 0.6) is 11.5 Å². The number of amides is 1. The minimum absolute atomic E-state index is 0.00606. The molecule has 0 N–H and O–H groups in total. The van der Waals surface area contributed by atoms with Crippen LogP contribution < -0.4 is 9.47 Å². The van der Waals surface area contributed by atoms with Gasteiger partial charge < -0.3 is 19.1 Å². The summed E-state index contributed by atoms with van der Waals surface area (Å²) in [6, 6.07) is 8.03. The largest absolute Gasteiger partial charge is 0.573 e. The number of ether oxygens (including phenoxy) is 3. The molecule has 3 aromatic rings. The average Bonchev–Trinajstić information content (AvgIpc) is 3.40. The van der Waals surface area contributed by atoms with E-state index in [4.69, 9.17) is 21.1 Å². The summed E-state index contributed by atoms with van der Waals surface area (Å²) in [7, 11) is 1.15. The van der Waals surface area contributed by atoms with Gasteiger partial charge in [-0.05, 0) is 55.5 Å². The van der Waals surface area contributed by atoms with Crippen molar-refractivity contribution in [3.63, 3.8) is 0 Å². The van der Waals surface area contributed by atoms with Crippen LogP contribution in [0.1, 0.15) is 65.9 Å². The summed E-state index contributed by atoms with van der Waals surface area (Å²) in [6.07, 6.45) is -9.20. The van der Waals surface area contributed by atoms with Crippen LogP contribution >= 0.6 is 23.4 Å². The zero-order chi connectivity index (χ0) is 34.1. The molecule has 1 fully saturated rings. The molecule has 1 aromatic heterocycles. The Kier molecular flexibility index (Phi) is 10.2. The first-order chi connectivity index (χ1) is 22.2. The maximum Gasteiger partial charge on any atom is 0.573 e. The number of methoxy groups -OCH3 is 1. The number of hydrogen-bond donors (Lipinski definition) is 0. The molecule has 5 rings (SSSR count). The van der Waals surface area contributed by atoms with Crippen molar-refractivity contribution < 1.29 is 50.1 Å². The number of para-hydroxylation sites is 1. The highest BCUT2D eigenvalue weighted by Crippen LogP contribution is 2.55. The number of carbonyl (C=O) groups excluding carboxylic acids is 2. The third kappa shape index (κ3) is 7.74. The molecule has 0 radical (unpaired) electrons. The SMILES string of the molecule is CCOC(=O)CC1CCN(C(=O)C[C@H]2S[C@H](c3cccc(OC)c3OC(F)(F)F)c3cc(Cl)ccc3-n3c2nnc3C(F)(F)F)CC1. The average molecular weight is 707 g/mol. The lowest BCUT2D eigenvalue weighted by Gasteiger charge is -2.32. The summed E-state index contributed by atoms with van der Waals surface area (Å²) >= 11 is 7.23. The zero-order valence-electron chi connectivity index (χ0n) is 25.0. The van der Waals surface area contributed by atoms with E-state index in [1.807, 2.05) is 0 Å². The van der Waals surface area contributed by atoms with Crippen molar-refractivity contribution in [2.75, 3.05) is 26.8 Å². The zero-order valence-corrected chi connectivity index (χ0v) is 26.6. The Morgan fingerprint density at radius 2 is 1.74 bits per heavy atom. The summed E-state index contributed by atoms with van der Waals surface area (Å²) in [5.41, 5.74) is -0.0292. The number of fused-ring (bicyclic) bond motifs is 3. The van der Waals surface area contributed by atoms with E-state index in [1.54, 1.807) is 11.8 Å². The molecular formula is C30H29ClF6N4O5S. The molecule has 1 saturated heterocycles. The van der Waals surface area contributed by atoms with Gasteiger partial charge in [0.1, 0.15) is 0 Å². The Hall–Kier alpha value is -3.66. The number of halogens is 7. The molecule has 47 heavy (non-hydrogen) atoms. The number of piperidine rings is 1. The van der Waals surface area contributed by atoms with Gasteiger partial charge in [-0.15, -0.1) is 35.1 Å². The first-order valence-electron chi connectivity index (χ1n) is 14.5. The predicted octanol–water partition coefficient (Wildman–Crippen LogP) is 7.31. The van der Waals surface area contributed by atoms with Crippen LogP contribution in [0.15, 0.2) is 36.4 Å². The standard InChI is InChI=1S/C30H29ClF6N4O5S/c1-3-45-24(43)13-16-9-11-40(12-10-16)23(42)15-22-27-38-39-28(29(32,33)34)41(27)20-8-7-17(31)14-19(20)26(47-22)18-5-4-6-21(44-2)25(18)46-30(35,36)37/h4-8,14,16,22,26H,3,9-13,15H2,1-2H3/t22-,26-/m1/s1. The highest BCUT2D eigenvalue weighted by molar-refractivity contribution is 8.00. The Labute approximate surface area is 274 Å². The van der Waals surface area contributed by atoms with Crippen LogP contribution in [0.3, 0.4) is 0 Å². The lowest BCUT2D eigenvalue weighted by Crippen LogP contribution is -2.39. The summed E-state index contributed by atoms with van der Waals surface area (Å²) in [5, 5.41) is 5.17. The van der Waals surface area contributed by atoms with Crippen molar-refractivity contribution in [2.45, 2.75) is 55.6 Å². The minimum Gasteiger partial charge on any atom is -0.493 e. The van der Waals surface area contributed by atoms with Crippen LogP contribution in [0.4, 0.5) is 26.3 Å². The van der Waals surface area contributed by atoms with Crippen molar-refractivity contribution in [3.8, 4) is 17.2 Å². The highest BCUT2D eigenvalue weighted by atomic mass is 35.5. The van der Waals surface area contributed by atoms with Gasteiger partial charge in [-0.25, -0.2) is 0 Å². The number of carbonyl (C=O) groups is 2. The second kappa shape index (κ2) is 13.8. The van der Waals surface area contributed by atoms with Crippen LogP contribution in [0.2, 0.25) is 5.02 Å². The van der Waals surface area contributed by atoms with Gasteiger partial charge in [0, 0.05) is 36.5 Å². The molecule has 2 aromatic carbocycles. The van der Waals surface area contributed by atoms with Gasteiger partial charge in [-0.1, -0.05) is 23.7 Å². The number of likely N-dealkylation sites (tertiary alicyclic amines) is 1. The summed E-state index contributed by atoms with van der Waals surface area (Å²) < 4.78 is 99.3. The number of nitrogens with zero attached hydrogens (tertiary/aromatic N) is 4. The van der Waals surface area contributed by atoms with E-state index in [0.717, 1.165) is 23.4 Å². The number of esters is 1. The number of alkyl halides is 6. The first kappa shape index (κ1) is 34.7. The first-order valence-corrected chi connectivity index (χ1v) is 15.9. The summed E-state index contributed by atoms with van der Waals surface area (Å²) in [4.78, 5) is 27.2. The topological polar surface area (TPSA) is 95.8 Å². The minimum atomic E-state index is -5.13. The molecule has 0 spiro atoms. The molecule has 17 heteroatoms. The molecule has 0 bridgehead atoms. The van der Waals surface area contributed by atoms with Crippen molar-refractivity contribution >= 4 is 35.2 Å². The van der Waals surface area contributed by atoms with Gasteiger partial charge in [0.15, 0.2) is 17.3 Å². The lowest BCUT2D eigenvalue weighted by molar-refractivity contribution is -0.275. The second-order valence-electron chi connectivity index (χ2n) is 10.9. The summed E-state index contributed by atoms with van der Waals surface area (Å²) in [6.45, 7) is 2.57. The van der Waals surface area contributed by atoms with Gasteiger partial charge in [0.05, 0.1) is 29.9 Å². The van der Waals surface area contributed by atoms with Crippen LogP contribution in [0, 0.1) is 5.92 Å². The van der Waals surface area contributed by atoms with Crippen LogP contribution in [0.25, 0.3) is 5.69 Å². The Balaban J connectivity index is 1.56. The van der Waals surface area contributed by atoms with Crippen LogP contribution in [-0.2, 0) is 20.5 Å². The van der Waals surface area contributed by atoms with E-state index in [0.29, 0.717) is 25.9 Å². The van der Waals surface area contributed by atoms with E-state index in [1.165, 1.54) is 36.4 Å². The Morgan fingerprint density at radius 1 is 1.02 bits per heavy atom. The molecule has 2 aliphatic heterocycles. The third-order valence-electron chi connectivity index (χ3n) is 7.86. The Bertz CT molecular complexity index is 1630. The molecule has 2 aliphatic rings. The molecule has 0 unspecified atom stereocenters. The number of rotatable bonds is 8. The fraction of sp³-hybridized carbons (Fsp3) is 0.467. The van der Waals surface area contributed by atoms with E-state index < -0.39 is 40.5 Å². The van der Waals surface area contributed by atoms with Gasteiger partial charge >= 0.3 is 18.5 Å². The molecule has 254 valence electrons. The van der Waals surface area contributed by atoms with Gasteiger partial charge in [-0.2, -0.15) is 13.2 Å². The van der Waals surface area contributed by atoms with Gasteiger partial charge in [0.2, 0.25) is 11.7 Å². The second-order valence-corrected chi connectivity index (χ2v) is 12.6. The van der Waals surface area contributed by atoms with Gasteiger partial charge in [0.25, 0.3) is 0 Å². The predicted molar refractivity (Wildman–Crippen MR) is 158 cm³/mol. The third-order valence-corrected chi connectivity index (χ3v) is 9.58. The molecule has 0 saturated carbocycles. The van der Waals surface area contributed by atoms with Gasteiger partial charge in [-0.3, -0.25) is 14.2 Å². The van der Waals surface area contributed by atoms with E-state index in [2.05, 4.69) is 14.9 Å². The number of thioether (sulfide) groups is 1. The molecule has 9 nitrogen and oxygen atoms in total. The van der Waals surface area contributed by atoms with Crippen molar-refractivity contribution in [1.29, 1.82) is 0 Å². The van der Waals surface area contributed by atoms with Crippen LogP contribution in [-0.4, -0.2) is 64.7 Å². The molecule has 0 aliphatic carbocycles. The van der Waals surface area contributed by atoms with Crippen molar-refractivity contribution in [1.82, 2.24) is 19.7 Å². The molecule has 1 amide bonds. The van der Waals surface area contributed by atoms with E-state index in [9.17, 15) is 35.9 Å². The maximum atomic E-state index is 14.3. The maximum absolute atomic E-state index is 14.3. The number of aromatic nitrogens is 3. The summed E-state index contributed by atoms with van der Waals surface area (Å²) in [5.74, 6) is -3.25. The Morgan fingerprint density at radius 3 is 2.38 bits per heavy atom. The molecule has 2 atom stereocenters. The number of hydrogen-bond acceptors (Lipinski definition) is 8. The normalized spacial score (nSPS) is 18.6. The lowest BCUT2D eigenvalue weighted by atomic mass is 9.93. The fourth-order valence-electron chi connectivity index (χ4n) is 5.80. The van der Waals surface area contributed by atoms with E-state index >= 15 is 0 Å². The van der Waals surface area contributed by atoms with E-state index in [-0.39, 0.29) is 64.7 Å². The highest BCUT2D eigenvalue weighted by Gasteiger charge is 2.45. The molecule has 3 heterocycles. The quantitative estimate of drug-likeness (QED) is 0.178. The monoisotopic (exact) mass is 706 g/mol.